The van der Waals surface area contributed by atoms with Crippen LogP contribution in [-0.4, -0.2) is 94.6 Å². The average Bonchev–Trinajstić information content (AvgIpc) is 3.81. The molecule has 4 amide bonds. The quantitative estimate of drug-likeness (QED) is 0.167. The van der Waals surface area contributed by atoms with E-state index in [-0.39, 0.29) is 43.2 Å². The minimum Gasteiger partial charge on any atom is -0.616 e. The topological polar surface area (TPSA) is 213 Å². The van der Waals surface area contributed by atoms with E-state index in [1.165, 1.54) is 15.8 Å². The van der Waals surface area contributed by atoms with Gasteiger partial charge in [0, 0.05) is 31.4 Å². The maximum absolute atomic E-state index is 14.8. The number of rotatable bonds is 11. The lowest BCUT2D eigenvalue weighted by Gasteiger charge is -2.38. The van der Waals surface area contributed by atoms with Crippen LogP contribution in [0.1, 0.15) is 93.7 Å². The van der Waals surface area contributed by atoms with Crippen LogP contribution < -0.4 is 16.4 Å². The lowest BCUT2D eigenvalue weighted by Crippen LogP contribution is -2.64. The van der Waals surface area contributed by atoms with Gasteiger partial charge in [-0.15, -0.1) is 5.10 Å². The summed E-state index contributed by atoms with van der Waals surface area (Å²) in [5.74, 6) is -3.40. The molecule has 6 rings (SSSR count). The summed E-state index contributed by atoms with van der Waals surface area (Å²) in [6, 6.07) is 10.3. The number of benzene rings is 2. The van der Waals surface area contributed by atoms with Crippen molar-refractivity contribution in [1.29, 1.82) is 0 Å². The summed E-state index contributed by atoms with van der Waals surface area (Å²) in [4.78, 5) is 69.8. The molecule has 14 nitrogen and oxygen atoms in total. The largest absolute Gasteiger partial charge is 0.616 e. The number of fused-ring (bicyclic) bond motifs is 1. The van der Waals surface area contributed by atoms with E-state index in [4.69, 9.17) is 5.73 Å². The summed E-state index contributed by atoms with van der Waals surface area (Å²) >= 11 is -1.23. The SMILES string of the molecule is CC(C)(O)c1cnnn1[C@H]1C[C@@H](C(=O)NC2(C(=O)C(N)=O)CC[S+]([O-])CC2)N(C(=O)[C@@H](CC2CCCCC2)NC(=O)c2ccc3ccccc3c2)C1. The molecule has 1 saturated carbocycles. The molecule has 3 aliphatic rings. The number of carbonyl (C=O) groups is 5. The fraction of sp³-hybridized carbons (Fsp3) is 0.541. The van der Waals surface area contributed by atoms with Gasteiger partial charge >= 0.3 is 0 Å². The van der Waals surface area contributed by atoms with E-state index in [1.54, 1.807) is 26.0 Å². The second-order valence-electron chi connectivity index (χ2n) is 15.0. The molecular formula is C37H47N7O7S. The Labute approximate surface area is 305 Å². The van der Waals surface area contributed by atoms with Gasteiger partial charge < -0.3 is 30.9 Å². The number of nitrogens with zero attached hydrogens (tertiary/aromatic N) is 4. The van der Waals surface area contributed by atoms with Crippen LogP contribution in [0.4, 0.5) is 0 Å². The van der Waals surface area contributed by atoms with Gasteiger partial charge in [0.15, 0.2) is 0 Å². The highest BCUT2D eigenvalue weighted by Crippen LogP contribution is 2.35. The molecular weight excluding hydrogens is 687 g/mol. The molecule has 15 heteroatoms. The van der Waals surface area contributed by atoms with Gasteiger partial charge in [-0.1, -0.05) is 78.8 Å². The van der Waals surface area contributed by atoms with Crippen molar-refractivity contribution in [3.05, 3.63) is 59.9 Å². The number of hydrogen-bond donors (Lipinski definition) is 4. The molecule has 0 spiro atoms. The number of aliphatic hydroxyl groups is 1. The maximum atomic E-state index is 14.8. The summed E-state index contributed by atoms with van der Waals surface area (Å²) in [5, 5.41) is 26.7. The number of ketones is 1. The van der Waals surface area contributed by atoms with E-state index in [9.17, 15) is 33.6 Å². The number of likely N-dealkylation sites (tertiary alicyclic amines) is 1. The number of carbonyl (C=O) groups excluding carboxylic acids is 5. The van der Waals surface area contributed by atoms with Crippen molar-refractivity contribution in [3.63, 3.8) is 0 Å². The normalized spacial score (nSPS) is 24.7. The summed E-state index contributed by atoms with van der Waals surface area (Å²) in [7, 11) is 0. The Morgan fingerprint density at radius 2 is 1.75 bits per heavy atom. The highest BCUT2D eigenvalue weighted by molar-refractivity contribution is 7.91. The Morgan fingerprint density at radius 3 is 2.42 bits per heavy atom. The fourth-order valence-electron chi connectivity index (χ4n) is 7.95. The van der Waals surface area contributed by atoms with Gasteiger partial charge in [-0.2, -0.15) is 0 Å². The first-order valence-electron chi connectivity index (χ1n) is 18.0. The summed E-state index contributed by atoms with van der Waals surface area (Å²) in [5.41, 5.74) is 3.19. The molecule has 1 aromatic heterocycles. The van der Waals surface area contributed by atoms with E-state index < -0.39 is 69.9 Å². The minimum atomic E-state index is -1.67. The molecule has 2 saturated heterocycles. The minimum absolute atomic E-state index is 0.00282. The molecule has 0 radical (unpaired) electrons. The van der Waals surface area contributed by atoms with Crippen molar-refractivity contribution >= 4 is 51.4 Å². The molecule has 0 bridgehead atoms. The smallest absolute Gasteiger partial charge is 0.287 e. The lowest BCUT2D eigenvalue weighted by molar-refractivity contribution is -0.145. The van der Waals surface area contributed by atoms with Crippen molar-refractivity contribution in [2.24, 2.45) is 11.7 Å². The van der Waals surface area contributed by atoms with Crippen LogP contribution in [0.5, 0.6) is 0 Å². The highest BCUT2D eigenvalue weighted by Gasteiger charge is 2.51. The Hall–Kier alpha value is -4.34. The Kier molecular flexibility index (Phi) is 11.0. The predicted octanol–water partition coefficient (Wildman–Crippen LogP) is 2.02. The average molecular weight is 734 g/mol. The zero-order valence-electron chi connectivity index (χ0n) is 29.6. The van der Waals surface area contributed by atoms with Gasteiger partial charge in [-0.25, -0.2) is 4.68 Å². The Bertz CT molecular complexity index is 1830. The molecule has 1 aliphatic carbocycles. The van der Waals surface area contributed by atoms with Crippen molar-refractivity contribution in [3.8, 4) is 0 Å². The molecule has 2 aromatic carbocycles. The number of primary amides is 1. The molecule has 278 valence electrons. The van der Waals surface area contributed by atoms with Crippen LogP contribution >= 0.6 is 0 Å². The standard InChI is InChI=1S/C37H47N7O7S/c1-36(2,50)30-21-39-42-44(30)27-20-29(34(48)41-37(31(45)32(38)46)14-16-52(51)17-15-37)43(22-27)35(49)28(18-23-8-4-3-5-9-23)40-33(47)26-13-12-24-10-6-7-11-25(24)19-26/h6-7,10-13,19,21,23,27-29,50H,3-5,8-9,14-18,20,22H2,1-2H3,(H2,38,46)(H,40,47)(H,41,48)/t27-,28+,29-,37?,52?/m0/s1. The van der Waals surface area contributed by atoms with Gasteiger partial charge in [0.25, 0.3) is 11.8 Å². The van der Waals surface area contributed by atoms with Crippen LogP contribution in [0, 0.1) is 5.92 Å². The third-order valence-electron chi connectivity index (χ3n) is 10.9. The number of aromatic nitrogens is 3. The Balaban J connectivity index is 1.33. The molecule has 0 unspecified atom stereocenters. The zero-order chi connectivity index (χ0) is 37.2. The van der Waals surface area contributed by atoms with Crippen LogP contribution in [0.3, 0.4) is 0 Å². The van der Waals surface area contributed by atoms with Crippen molar-refractivity contribution in [2.45, 2.75) is 101 Å². The molecule has 3 atom stereocenters. The molecule has 3 heterocycles. The van der Waals surface area contributed by atoms with Gasteiger partial charge in [0.1, 0.15) is 34.7 Å². The lowest BCUT2D eigenvalue weighted by atomic mass is 9.84. The van der Waals surface area contributed by atoms with Gasteiger partial charge in [0.05, 0.1) is 17.9 Å². The van der Waals surface area contributed by atoms with Gasteiger partial charge in [-0.05, 0) is 49.1 Å². The van der Waals surface area contributed by atoms with Crippen LogP contribution in [0.2, 0.25) is 0 Å². The van der Waals surface area contributed by atoms with Gasteiger partial charge in [0.2, 0.25) is 17.6 Å². The maximum Gasteiger partial charge on any atom is 0.287 e. The molecule has 2 aliphatic heterocycles. The van der Waals surface area contributed by atoms with Crippen molar-refractivity contribution < 1.29 is 33.6 Å². The number of Topliss-reactive ketones (excluding diaryl/α,β-unsaturated/α-hetero) is 1. The van der Waals surface area contributed by atoms with E-state index in [0.717, 1.165) is 42.9 Å². The summed E-state index contributed by atoms with van der Waals surface area (Å²) in [6.45, 7) is 3.16. The van der Waals surface area contributed by atoms with E-state index in [2.05, 4.69) is 20.9 Å². The van der Waals surface area contributed by atoms with E-state index >= 15 is 0 Å². The van der Waals surface area contributed by atoms with Gasteiger partial charge in [-0.3, -0.25) is 24.0 Å². The first kappa shape index (κ1) is 37.4. The number of amides is 4. The van der Waals surface area contributed by atoms with Crippen LogP contribution in [0.15, 0.2) is 48.7 Å². The van der Waals surface area contributed by atoms with E-state index in [0.29, 0.717) is 17.7 Å². The van der Waals surface area contributed by atoms with Crippen molar-refractivity contribution in [1.82, 2.24) is 30.5 Å². The number of nitrogens with one attached hydrogen (secondary N) is 2. The van der Waals surface area contributed by atoms with E-state index in [1.807, 2.05) is 30.3 Å². The third kappa shape index (κ3) is 8.01. The predicted molar refractivity (Wildman–Crippen MR) is 193 cm³/mol. The molecule has 5 N–H and O–H groups in total. The zero-order valence-corrected chi connectivity index (χ0v) is 30.4. The second-order valence-corrected chi connectivity index (χ2v) is 16.7. The third-order valence-corrected chi connectivity index (χ3v) is 12.2. The highest BCUT2D eigenvalue weighted by atomic mass is 32.2. The number of hydrogen-bond acceptors (Lipinski definition) is 9. The Morgan fingerprint density at radius 1 is 1.06 bits per heavy atom. The van der Waals surface area contributed by atoms with Crippen molar-refractivity contribution in [2.75, 3.05) is 18.1 Å². The molecule has 52 heavy (non-hydrogen) atoms. The molecule has 3 aromatic rings. The molecule has 3 fully saturated rings. The monoisotopic (exact) mass is 733 g/mol. The number of nitrogens with two attached hydrogens (primary N) is 1. The summed E-state index contributed by atoms with van der Waals surface area (Å²) in [6.07, 6.45) is 6.73. The second kappa shape index (κ2) is 15.3. The summed E-state index contributed by atoms with van der Waals surface area (Å²) < 4.78 is 13.8. The first-order chi connectivity index (χ1) is 24.8. The van der Waals surface area contributed by atoms with Crippen LogP contribution in [-0.2, 0) is 36.0 Å². The fourth-order valence-corrected chi connectivity index (χ4v) is 9.31. The van der Waals surface area contributed by atoms with Crippen LogP contribution in [0.25, 0.3) is 10.8 Å². The first-order valence-corrected chi connectivity index (χ1v) is 19.5.